The molecule has 0 aliphatic rings. The van der Waals surface area contributed by atoms with Gasteiger partial charge >= 0.3 is 5.97 Å². The van der Waals surface area contributed by atoms with Crippen molar-refractivity contribution in [3.8, 4) is 5.75 Å². The van der Waals surface area contributed by atoms with Crippen LogP contribution in [0.1, 0.15) is 15.2 Å². The number of thiophene rings is 1. The van der Waals surface area contributed by atoms with Crippen molar-refractivity contribution in [2.75, 3.05) is 6.61 Å². The van der Waals surface area contributed by atoms with E-state index in [1.54, 1.807) is 18.2 Å². The van der Waals surface area contributed by atoms with Gasteiger partial charge in [0.05, 0.1) is 12.0 Å². The second-order valence-electron chi connectivity index (χ2n) is 3.76. The smallest absolute Gasteiger partial charge is 0.341 e. The molecule has 20 heavy (non-hydrogen) atoms. The van der Waals surface area contributed by atoms with Crippen molar-refractivity contribution < 1.29 is 19.4 Å². The van der Waals surface area contributed by atoms with Gasteiger partial charge in [0.25, 0.3) is 0 Å². The summed E-state index contributed by atoms with van der Waals surface area (Å²) in [6, 6.07) is 7.03. The lowest BCUT2D eigenvalue weighted by atomic mass is 10.1. The SMILES string of the molecule is O=C(O)COc1c(I)cc(C(=O)c2cccs2)cc1I. The molecule has 0 unspecified atom stereocenters. The zero-order valence-electron chi connectivity index (χ0n) is 9.93. The van der Waals surface area contributed by atoms with Crippen LogP contribution in [-0.2, 0) is 4.79 Å². The Morgan fingerprint density at radius 2 is 1.90 bits per heavy atom. The zero-order chi connectivity index (χ0) is 14.7. The Bertz CT molecular complexity index is 629. The molecule has 1 aromatic carbocycles. The second kappa shape index (κ2) is 6.85. The number of ketones is 1. The molecule has 0 saturated heterocycles. The minimum Gasteiger partial charge on any atom is -0.480 e. The first-order valence-electron chi connectivity index (χ1n) is 5.41. The highest BCUT2D eigenvalue weighted by Gasteiger charge is 2.16. The molecular weight excluding hydrogens is 506 g/mol. The molecule has 1 N–H and O–H groups in total. The van der Waals surface area contributed by atoms with E-state index in [0.29, 0.717) is 16.2 Å². The third-order valence-electron chi connectivity index (χ3n) is 2.35. The summed E-state index contributed by atoms with van der Waals surface area (Å²) in [7, 11) is 0. The topological polar surface area (TPSA) is 63.6 Å². The van der Waals surface area contributed by atoms with E-state index in [1.165, 1.54) is 11.3 Å². The lowest BCUT2D eigenvalue weighted by Gasteiger charge is -2.10. The van der Waals surface area contributed by atoms with Crippen molar-refractivity contribution in [2.45, 2.75) is 0 Å². The molecule has 4 nitrogen and oxygen atoms in total. The highest BCUT2D eigenvalue weighted by molar-refractivity contribution is 14.1. The van der Waals surface area contributed by atoms with Gasteiger partial charge in [-0.3, -0.25) is 4.79 Å². The summed E-state index contributed by atoms with van der Waals surface area (Å²) >= 11 is 5.47. The maximum Gasteiger partial charge on any atom is 0.341 e. The van der Waals surface area contributed by atoms with Gasteiger partial charge in [0.15, 0.2) is 6.61 Å². The summed E-state index contributed by atoms with van der Waals surface area (Å²) in [5, 5.41) is 10.5. The number of halogens is 2. The fraction of sp³-hybridized carbons (Fsp3) is 0.0769. The van der Waals surface area contributed by atoms with Crippen molar-refractivity contribution in [1.82, 2.24) is 0 Å². The highest BCUT2D eigenvalue weighted by atomic mass is 127. The van der Waals surface area contributed by atoms with Crippen LogP contribution in [0.3, 0.4) is 0 Å². The molecule has 0 spiro atoms. The number of carbonyl (C=O) groups excluding carboxylic acids is 1. The van der Waals surface area contributed by atoms with Gasteiger partial charge in [0, 0.05) is 5.56 Å². The first kappa shape index (κ1) is 15.7. The summed E-state index contributed by atoms with van der Waals surface area (Å²) < 4.78 is 6.67. The molecule has 0 saturated carbocycles. The molecule has 2 rings (SSSR count). The van der Waals surface area contributed by atoms with Crippen molar-refractivity contribution in [2.24, 2.45) is 0 Å². The van der Waals surface area contributed by atoms with Gasteiger partial charge in [-0.15, -0.1) is 11.3 Å². The van der Waals surface area contributed by atoms with E-state index in [9.17, 15) is 9.59 Å². The number of hydrogen-bond acceptors (Lipinski definition) is 4. The van der Waals surface area contributed by atoms with E-state index in [1.807, 2.05) is 56.6 Å². The van der Waals surface area contributed by atoms with Crippen molar-refractivity contribution >= 4 is 68.3 Å². The number of carbonyl (C=O) groups is 2. The fourth-order valence-corrected chi connectivity index (χ4v) is 4.28. The second-order valence-corrected chi connectivity index (χ2v) is 7.03. The van der Waals surface area contributed by atoms with Crippen LogP contribution >= 0.6 is 56.5 Å². The predicted octanol–water partition coefficient (Wildman–Crippen LogP) is 3.65. The summed E-state index contributed by atoms with van der Waals surface area (Å²) in [4.78, 5) is 23.5. The number of aliphatic carboxylic acids is 1. The quantitative estimate of drug-likeness (QED) is 0.489. The standard InChI is InChI=1S/C13H8I2O4S/c14-8-4-7(12(18)10-2-1-3-20-10)5-9(15)13(8)19-6-11(16)17/h1-5H,6H2,(H,16,17). The molecule has 104 valence electrons. The van der Waals surface area contributed by atoms with E-state index in [0.717, 1.165) is 7.14 Å². The fourth-order valence-electron chi connectivity index (χ4n) is 1.51. The van der Waals surface area contributed by atoms with Crippen LogP contribution in [0.4, 0.5) is 0 Å². The maximum atomic E-state index is 12.3. The predicted molar refractivity (Wildman–Crippen MR) is 92.8 cm³/mol. The Labute approximate surface area is 146 Å². The highest BCUT2D eigenvalue weighted by Crippen LogP contribution is 2.30. The molecular formula is C13H8I2O4S. The average molecular weight is 514 g/mol. The van der Waals surface area contributed by atoms with Crippen LogP contribution in [0.5, 0.6) is 5.75 Å². The number of ether oxygens (including phenoxy) is 1. The monoisotopic (exact) mass is 514 g/mol. The Balaban J connectivity index is 2.30. The lowest BCUT2D eigenvalue weighted by molar-refractivity contribution is -0.139. The molecule has 0 amide bonds. The Morgan fingerprint density at radius 3 is 2.40 bits per heavy atom. The first-order valence-corrected chi connectivity index (χ1v) is 8.44. The molecule has 0 bridgehead atoms. The van der Waals surface area contributed by atoms with Crippen LogP contribution in [-0.4, -0.2) is 23.5 Å². The van der Waals surface area contributed by atoms with Crippen molar-refractivity contribution in [1.29, 1.82) is 0 Å². The van der Waals surface area contributed by atoms with Crippen LogP contribution in [0, 0.1) is 7.14 Å². The molecule has 0 radical (unpaired) electrons. The number of rotatable bonds is 5. The molecule has 2 aromatic rings. The first-order chi connectivity index (χ1) is 9.49. The summed E-state index contributed by atoms with van der Waals surface area (Å²) in [6.45, 7) is -0.399. The summed E-state index contributed by atoms with van der Waals surface area (Å²) in [5.41, 5.74) is 0.573. The van der Waals surface area contributed by atoms with E-state index in [2.05, 4.69) is 0 Å². The molecule has 1 heterocycles. The molecule has 1 aromatic heterocycles. The third kappa shape index (κ3) is 3.70. The van der Waals surface area contributed by atoms with Gasteiger partial charge in [-0.2, -0.15) is 0 Å². The lowest BCUT2D eigenvalue weighted by Crippen LogP contribution is -2.11. The van der Waals surface area contributed by atoms with Crippen molar-refractivity contribution in [3.05, 3.63) is 47.2 Å². The van der Waals surface area contributed by atoms with Crippen LogP contribution in [0.15, 0.2) is 29.6 Å². The van der Waals surface area contributed by atoms with Gasteiger partial charge < -0.3 is 9.84 Å². The summed E-state index contributed by atoms with van der Waals surface area (Å²) in [5.74, 6) is -0.577. The van der Waals surface area contributed by atoms with Crippen LogP contribution < -0.4 is 4.74 Å². The minimum absolute atomic E-state index is 0.0411. The average Bonchev–Trinajstić information content (AvgIpc) is 2.90. The van der Waals surface area contributed by atoms with Gasteiger partial charge in [0.2, 0.25) is 5.78 Å². The zero-order valence-corrected chi connectivity index (χ0v) is 15.1. The largest absolute Gasteiger partial charge is 0.480 e. The van der Waals surface area contributed by atoms with Crippen LogP contribution in [0.2, 0.25) is 0 Å². The number of carboxylic acids is 1. The van der Waals surface area contributed by atoms with Gasteiger partial charge in [-0.1, -0.05) is 6.07 Å². The van der Waals surface area contributed by atoms with Crippen molar-refractivity contribution in [3.63, 3.8) is 0 Å². The Hall–Kier alpha value is -0.680. The molecule has 7 heteroatoms. The number of benzene rings is 1. The van der Waals surface area contributed by atoms with E-state index in [4.69, 9.17) is 9.84 Å². The molecule has 0 fully saturated rings. The molecule has 0 aliphatic heterocycles. The minimum atomic E-state index is -1.03. The maximum absolute atomic E-state index is 12.3. The number of hydrogen-bond donors (Lipinski definition) is 1. The molecule has 0 atom stereocenters. The van der Waals surface area contributed by atoms with Gasteiger partial charge in [-0.05, 0) is 68.8 Å². The summed E-state index contributed by atoms with van der Waals surface area (Å²) in [6.07, 6.45) is 0. The number of carboxylic acid groups (broad SMARTS) is 1. The van der Waals surface area contributed by atoms with E-state index >= 15 is 0 Å². The van der Waals surface area contributed by atoms with E-state index in [-0.39, 0.29) is 5.78 Å². The third-order valence-corrected chi connectivity index (χ3v) is 4.82. The van der Waals surface area contributed by atoms with Crippen LogP contribution in [0.25, 0.3) is 0 Å². The van der Waals surface area contributed by atoms with Gasteiger partial charge in [0.1, 0.15) is 5.75 Å². The Morgan fingerprint density at radius 1 is 1.25 bits per heavy atom. The molecule has 0 aliphatic carbocycles. The Kier molecular flexibility index (Phi) is 5.38. The van der Waals surface area contributed by atoms with Gasteiger partial charge in [-0.25, -0.2) is 4.79 Å². The van der Waals surface area contributed by atoms with E-state index < -0.39 is 12.6 Å². The normalized spacial score (nSPS) is 10.3.